The summed E-state index contributed by atoms with van der Waals surface area (Å²) in [6.07, 6.45) is 0. The summed E-state index contributed by atoms with van der Waals surface area (Å²) < 4.78 is 7.54. The van der Waals surface area contributed by atoms with Crippen molar-refractivity contribution in [3.8, 4) is 11.4 Å². The molecule has 9 rings (SSSR count). The molecular weight excluding hydrogens is 492 g/mol. The van der Waals surface area contributed by atoms with Gasteiger partial charge in [0, 0.05) is 42.7 Å². The van der Waals surface area contributed by atoms with Crippen LogP contribution in [0.3, 0.4) is 0 Å². The van der Waals surface area contributed by atoms with E-state index in [0.717, 1.165) is 0 Å². The maximum Gasteiger partial charge on any atom is 0.0640 e. The Morgan fingerprint density at radius 1 is 0.385 bits per heavy atom. The maximum atomic E-state index is 2.48. The third kappa shape index (κ3) is 2.85. The van der Waals surface area contributed by atoms with Gasteiger partial charge in [-0.2, -0.15) is 0 Å². The molecule has 39 heavy (non-hydrogen) atoms. The third-order valence-corrected chi connectivity index (χ3v) is 9.31. The highest BCUT2D eigenvalue weighted by Gasteiger charge is 2.19. The van der Waals surface area contributed by atoms with E-state index in [4.69, 9.17) is 0 Å². The molecule has 0 saturated carbocycles. The normalized spacial score (nSPS) is 12.1. The SMILES string of the molecule is c1ccc(-n2c3ccccc3c3cc4c5ccccc5n(-c5cccc6c5sc5ccccc56)c4cc32)cc1. The highest BCUT2D eigenvalue weighted by molar-refractivity contribution is 7.26. The van der Waals surface area contributed by atoms with E-state index >= 15 is 0 Å². The number of hydrogen-bond acceptors (Lipinski definition) is 1. The van der Waals surface area contributed by atoms with Gasteiger partial charge in [0.05, 0.1) is 32.5 Å². The molecule has 0 amide bonds. The van der Waals surface area contributed by atoms with Crippen molar-refractivity contribution in [2.24, 2.45) is 0 Å². The lowest BCUT2D eigenvalue weighted by atomic mass is 10.1. The lowest BCUT2D eigenvalue weighted by molar-refractivity contribution is 1.17. The molecule has 0 radical (unpaired) electrons. The topological polar surface area (TPSA) is 9.86 Å². The molecular formula is C36H22N2S. The molecule has 6 aromatic carbocycles. The summed E-state index contributed by atoms with van der Waals surface area (Å²) in [6, 6.07) is 48.6. The standard InChI is InChI=1S/C36H22N2S/c1-2-11-23(12-3-1)37-30-17-7-4-13-24(30)28-21-29-25-14-5-8-18-31(25)38(34(29)22-33(28)37)32-19-10-16-27-26-15-6-9-20-35(26)39-36(27)32/h1-22H. The molecule has 0 N–H and O–H groups in total. The van der Waals surface area contributed by atoms with E-state index in [-0.39, 0.29) is 0 Å². The molecule has 3 aromatic heterocycles. The van der Waals surface area contributed by atoms with Gasteiger partial charge in [-0.25, -0.2) is 0 Å². The Bertz CT molecular complexity index is 2390. The molecule has 3 heterocycles. The van der Waals surface area contributed by atoms with E-state index in [1.54, 1.807) is 0 Å². The number of benzene rings is 6. The zero-order chi connectivity index (χ0) is 25.5. The predicted molar refractivity (Wildman–Crippen MR) is 168 cm³/mol. The molecule has 0 aliphatic carbocycles. The van der Waals surface area contributed by atoms with Crippen LogP contribution in [-0.2, 0) is 0 Å². The first-order valence-corrected chi connectivity index (χ1v) is 14.1. The summed E-state index contributed by atoms with van der Waals surface area (Å²) in [5.74, 6) is 0. The molecule has 0 aliphatic rings. The highest BCUT2D eigenvalue weighted by Crippen LogP contribution is 2.43. The second-order valence-electron chi connectivity index (χ2n) is 10.2. The molecule has 0 unspecified atom stereocenters. The first-order chi connectivity index (χ1) is 19.4. The van der Waals surface area contributed by atoms with Crippen LogP contribution in [0.25, 0.3) is 75.2 Å². The predicted octanol–water partition coefficient (Wildman–Crippen LogP) is 10.2. The first kappa shape index (κ1) is 21.1. The van der Waals surface area contributed by atoms with Crippen molar-refractivity contribution in [2.45, 2.75) is 0 Å². The highest BCUT2D eigenvalue weighted by atomic mass is 32.1. The van der Waals surface area contributed by atoms with Gasteiger partial charge in [-0.05, 0) is 48.5 Å². The average molecular weight is 515 g/mol. The second kappa shape index (κ2) is 7.83. The van der Waals surface area contributed by atoms with Crippen molar-refractivity contribution >= 4 is 75.1 Å². The van der Waals surface area contributed by atoms with Crippen LogP contribution in [-0.4, -0.2) is 9.13 Å². The molecule has 0 spiro atoms. The zero-order valence-electron chi connectivity index (χ0n) is 21.0. The van der Waals surface area contributed by atoms with E-state index in [0.29, 0.717) is 0 Å². The van der Waals surface area contributed by atoms with Crippen molar-refractivity contribution in [3.63, 3.8) is 0 Å². The van der Waals surface area contributed by atoms with Crippen LogP contribution in [0.1, 0.15) is 0 Å². The van der Waals surface area contributed by atoms with Gasteiger partial charge in [-0.15, -0.1) is 11.3 Å². The summed E-state index contributed by atoms with van der Waals surface area (Å²) in [5, 5.41) is 7.77. The summed E-state index contributed by atoms with van der Waals surface area (Å²) >= 11 is 1.89. The Hall–Kier alpha value is -4.86. The van der Waals surface area contributed by atoms with E-state index in [2.05, 4.69) is 143 Å². The van der Waals surface area contributed by atoms with Gasteiger partial charge in [0.15, 0.2) is 0 Å². The lowest BCUT2D eigenvalue weighted by Crippen LogP contribution is -1.96. The van der Waals surface area contributed by atoms with E-state index < -0.39 is 0 Å². The number of fused-ring (bicyclic) bond motifs is 9. The molecule has 9 aromatic rings. The Kier molecular flexibility index (Phi) is 4.24. The summed E-state index contributed by atoms with van der Waals surface area (Å²) in [5.41, 5.74) is 7.34. The Balaban J connectivity index is 1.48. The molecule has 0 fully saturated rings. The van der Waals surface area contributed by atoms with Gasteiger partial charge in [-0.1, -0.05) is 84.9 Å². The zero-order valence-corrected chi connectivity index (χ0v) is 21.8. The molecule has 0 saturated heterocycles. The summed E-state index contributed by atoms with van der Waals surface area (Å²) in [6.45, 7) is 0. The molecule has 2 nitrogen and oxygen atoms in total. The number of thiophene rings is 1. The van der Waals surface area contributed by atoms with Gasteiger partial charge in [0.25, 0.3) is 0 Å². The van der Waals surface area contributed by atoms with E-state index in [9.17, 15) is 0 Å². The van der Waals surface area contributed by atoms with Crippen LogP contribution in [0.5, 0.6) is 0 Å². The molecule has 0 bridgehead atoms. The van der Waals surface area contributed by atoms with Crippen molar-refractivity contribution < 1.29 is 0 Å². The van der Waals surface area contributed by atoms with Gasteiger partial charge in [0.2, 0.25) is 0 Å². The maximum absolute atomic E-state index is 2.48. The Morgan fingerprint density at radius 3 is 1.74 bits per heavy atom. The smallest absolute Gasteiger partial charge is 0.0640 e. The van der Waals surface area contributed by atoms with E-state index in [1.165, 1.54) is 75.2 Å². The minimum atomic E-state index is 1.18. The third-order valence-electron chi connectivity index (χ3n) is 8.10. The first-order valence-electron chi connectivity index (χ1n) is 13.3. The summed E-state index contributed by atoms with van der Waals surface area (Å²) in [7, 11) is 0. The van der Waals surface area contributed by atoms with Gasteiger partial charge in [0.1, 0.15) is 0 Å². The minimum Gasteiger partial charge on any atom is -0.309 e. The largest absolute Gasteiger partial charge is 0.309 e. The fraction of sp³-hybridized carbons (Fsp3) is 0. The van der Waals surface area contributed by atoms with Gasteiger partial charge in [-0.3, -0.25) is 0 Å². The van der Waals surface area contributed by atoms with Crippen LogP contribution >= 0.6 is 11.3 Å². The van der Waals surface area contributed by atoms with Crippen LogP contribution in [0, 0.1) is 0 Å². The van der Waals surface area contributed by atoms with Gasteiger partial charge < -0.3 is 9.13 Å². The monoisotopic (exact) mass is 514 g/mol. The van der Waals surface area contributed by atoms with E-state index in [1.807, 2.05) is 11.3 Å². The van der Waals surface area contributed by atoms with Crippen molar-refractivity contribution in [3.05, 3.63) is 133 Å². The minimum absolute atomic E-state index is 1.18. The summed E-state index contributed by atoms with van der Waals surface area (Å²) in [4.78, 5) is 0. The van der Waals surface area contributed by atoms with Crippen LogP contribution < -0.4 is 0 Å². The van der Waals surface area contributed by atoms with Crippen LogP contribution in [0.15, 0.2) is 133 Å². The molecule has 0 atom stereocenters. The molecule has 0 aliphatic heterocycles. The lowest BCUT2D eigenvalue weighted by Gasteiger charge is -2.11. The number of nitrogens with zero attached hydrogens (tertiary/aromatic N) is 2. The average Bonchev–Trinajstić information content (AvgIpc) is 3.64. The fourth-order valence-corrected chi connectivity index (χ4v) is 7.66. The number of para-hydroxylation sites is 3. The number of aromatic nitrogens is 2. The number of hydrogen-bond donors (Lipinski definition) is 0. The quantitative estimate of drug-likeness (QED) is 0.217. The van der Waals surface area contributed by atoms with Crippen molar-refractivity contribution in [1.29, 1.82) is 0 Å². The molecule has 182 valence electrons. The van der Waals surface area contributed by atoms with Crippen molar-refractivity contribution in [1.82, 2.24) is 9.13 Å². The van der Waals surface area contributed by atoms with Crippen LogP contribution in [0.2, 0.25) is 0 Å². The van der Waals surface area contributed by atoms with Crippen molar-refractivity contribution in [2.75, 3.05) is 0 Å². The fourth-order valence-electron chi connectivity index (χ4n) is 6.45. The van der Waals surface area contributed by atoms with Gasteiger partial charge >= 0.3 is 0 Å². The Morgan fingerprint density at radius 2 is 0.974 bits per heavy atom. The van der Waals surface area contributed by atoms with Crippen LogP contribution in [0.4, 0.5) is 0 Å². The second-order valence-corrected chi connectivity index (χ2v) is 11.2. The molecule has 3 heteroatoms. The number of rotatable bonds is 2. The Labute approximate surface area is 228 Å².